The molecule has 2 rings (SSSR count). The van der Waals surface area contributed by atoms with E-state index in [1.807, 2.05) is 28.8 Å². The molecule has 2 amide bonds. The maximum atomic E-state index is 14.0. The molecule has 0 saturated carbocycles. The number of aryl methyl sites for hydroxylation is 1. The standard InChI is InChI=1S/C23H22F7IN2O2S/c1-12-10-13(21(24,25)22(26,27)23(28,29)30)8-9-16(12)32-18(34)14-6-5-7-15(31)17(14)19(35)33-20(2,3)11-36-4/h5-10H,11H2,1-4H3,(H,32,34)(H,33,35). The van der Waals surface area contributed by atoms with Gasteiger partial charge in [0.1, 0.15) is 0 Å². The van der Waals surface area contributed by atoms with Gasteiger partial charge in [-0.2, -0.15) is 42.5 Å². The van der Waals surface area contributed by atoms with Gasteiger partial charge in [-0.05, 0) is 79.4 Å². The van der Waals surface area contributed by atoms with Gasteiger partial charge in [-0.1, -0.05) is 12.1 Å². The first kappa shape index (κ1) is 30.2. The van der Waals surface area contributed by atoms with Crippen LogP contribution in [0.1, 0.15) is 45.7 Å². The van der Waals surface area contributed by atoms with Crippen LogP contribution in [-0.2, 0) is 5.92 Å². The Hall–Kier alpha value is -2.03. The number of anilines is 1. The lowest BCUT2D eigenvalue weighted by Crippen LogP contribution is -2.50. The molecule has 4 nitrogen and oxygen atoms in total. The summed E-state index contributed by atoms with van der Waals surface area (Å²) < 4.78 is 92.9. The number of nitrogens with one attached hydrogen (secondary N) is 2. The summed E-state index contributed by atoms with van der Waals surface area (Å²) in [6.07, 6.45) is -4.60. The Bertz CT molecular complexity index is 1150. The minimum Gasteiger partial charge on any atom is -0.346 e. The summed E-state index contributed by atoms with van der Waals surface area (Å²) in [7, 11) is 0. The molecule has 13 heteroatoms. The fourth-order valence-electron chi connectivity index (χ4n) is 3.26. The third kappa shape index (κ3) is 6.26. The number of amides is 2. The number of rotatable bonds is 8. The van der Waals surface area contributed by atoms with Crippen molar-refractivity contribution in [1.29, 1.82) is 0 Å². The van der Waals surface area contributed by atoms with Gasteiger partial charge in [0.15, 0.2) is 0 Å². The Morgan fingerprint density at radius 1 is 0.972 bits per heavy atom. The lowest BCUT2D eigenvalue weighted by molar-refractivity contribution is -0.359. The summed E-state index contributed by atoms with van der Waals surface area (Å²) in [6, 6.07) is 6.14. The van der Waals surface area contributed by atoms with E-state index in [2.05, 4.69) is 10.6 Å². The number of hydrogen-bond donors (Lipinski definition) is 2. The largest absolute Gasteiger partial charge is 0.460 e. The van der Waals surface area contributed by atoms with Gasteiger partial charge in [-0.15, -0.1) is 0 Å². The maximum Gasteiger partial charge on any atom is 0.460 e. The van der Waals surface area contributed by atoms with Gasteiger partial charge >= 0.3 is 18.0 Å². The average molecular weight is 650 g/mol. The molecule has 0 aliphatic carbocycles. The zero-order valence-electron chi connectivity index (χ0n) is 19.4. The predicted octanol–water partition coefficient (Wildman–Crippen LogP) is 7.01. The van der Waals surface area contributed by atoms with Crippen LogP contribution in [0.25, 0.3) is 0 Å². The van der Waals surface area contributed by atoms with Crippen molar-refractivity contribution in [2.24, 2.45) is 0 Å². The van der Waals surface area contributed by atoms with Crippen LogP contribution >= 0.6 is 34.4 Å². The van der Waals surface area contributed by atoms with Crippen molar-refractivity contribution in [2.75, 3.05) is 17.3 Å². The molecular weight excluding hydrogens is 628 g/mol. The normalized spacial score (nSPS) is 12.9. The van der Waals surface area contributed by atoms with Crippen LogP contribution in [0, 0.1) is 10.5 Å². The Labute approximate surface area is 220 Å². The molecular formula is C23H22F7IN2O2S. The summed E-state index contributed by atoms with van der Waals surface area (Å²) in [6.45, 7) is 4.77. The van der Waals surface area contributed by atoms with Crippen molar-refractivity contribution >= 4 is 51.9 Å². The quantitative estimate of drug-likeness (QED) is 0.239. The zero-order valence-corrected chi connectivity index (χ0v) is 22.4. The molecule has 0 aliphatic rings. The van der Waals surface area contributed by atoms with Crippen molar-refractivity contribution < 1.29 is 40.3 Å². The topological polar surface area (TPSA) is 58.2 Å². The molecule has 2 aromatic rings. The second kappa shape index (κ2) is 10.8. The van der Waals surface area contributed by atoms with Crippen molar-refractivity contribution in [3.05, 3.63) is 62.2 Å². The van der Waals surface area contributed by atoms with Gasteiger partial charge < -0.3 is 10.6 Å². The van der Waals surface area contributed by atoms with Crippen molar-refractivity contribution in [2.45, 2.75) is 44.3 Å². The summed E-state index contributed by atoms with van der Waals surface area (Å²) in [5.74, 6) is -12.6. The molecule has 0 aliphatic heterocycles. The van der Waals surface area contributed by atoms with Gasteiger partial charge in [0.05, 0.1) is 11.1 Å². The molecule has 0 atom stereocenters. The Morgan fingerprint density at radius 2 is 1.58 bits per heavy atom. The van der Waals surface area contributed by atoms with Gasteiger partial charge in [0.2, 0.25) is 0 Å². The molecule has 0 spiro atoms. The summed E-state index contributed by atoms with van der Waals surface area (Å²) in [5.41, 5.74) is -2.43. The van der Waals surface area contributed by atoms with Gasteiger partial charge in [0.25, 0.3) is 11.8 Å². The smallest absolute Gasteiger partial charge is 0.346 e. The molecule has 2 aromatic carbocycles. The highest BCUT2D eigenvalue weighted by molar-refractivity contribution is 14.1. The minimum atomic E-state index is -6.47. The molecule has 0 unspecified atom stereocenters. The van der Waals surface area contributed by atoms with Crippen LogP contribution in [0.3, 0.4) is 0 Å². The molecule has 2 N–H and O–H groups in total. The van der Waals surface area contributed by atoms with E-state index in [4.69, 9.17) is 0 Å². The van der Waals surface area contributed by atoms with Crippen molar-refractivity contribution in [3.8, 4) is 0 Å². The monoisotopic (exact) mass is 650 g/mol. The minimum absolute atomic E-state index is 0.0447. The molecule has 0 aromatic heterocycles. The van der Waals surface area contributed by atoms with Crippen LogP contribution in [0.15, 0.2) is 36.4 Å². The SMILES string of the molecule is CSCC(C)(C)NC(=O)c1c(I)cccc1C(=O)Nc1ccc(C(F)(F)C(F)(F)C(F)(F)F)cc1C. The lowest BCUT2D eigenvalue weighted by Gasteiger charge is -2.28. The Morgan fingerprint density at radius 3 is 2.11 bits per heavy atom. The third-order valence-corrected chi connectivity index (χ3v) is 6.94. The second-order valence-corrected chi connectivity index (χ2v) is 10.6. The maximum absolute atomic E-state index is 14.0. The van der Waals surface area contributed by atoms with Gasteiger partial charge in [-0.3, -0.25) is 9.59 Å². The van der Waals surface area contributed by atoms with Crippen LogP contribution in [0.2, 0.25) is 0 Å². The molecule has 0 saturated heterocycles. The van der Waals surface area contributed by atoms with E-state index in [-0.39, 0.29) is 22.4 Å². The number of alkyl halides is 7. The highest BCUT2D eigenvalue weighted by Crippen LogP contribution is 2.52. The van der Waals surface area contributed by atoms with Crippen LogP contribution < -0.4 is 10.6 Å². The van der Waals surface area contributed by atoms with E-state index >= 15 is 0 Å². The summed E-state index contributed by atoms with van der Waals surface area (Å²) in [4.78, 5) is 26.0. The number of carbonyl (C=O) groups excluding carboxylic acids is 2. The zero-order chi connectivity index (χ0) is 27.7. The van der Waals surface area contributed by atoms with Crippen molar-refractivity contribution in [3.63, 3.8) is 0 Å². The Balaban J connectivity index is 2.38. The van der Waals surface area contributed by atoms with E-state index in [1.54, 1.807) is 19.9 Å². The van der Waals surface area contributed by atoms with E-state index in [9.17, 15) is 40.3 Å². The number of benzene rings is 2. The molecule has 0 fully saturated rings. The first-order valence-electron chi connectivity index (χ1n) is 10.2. The first-order chi connectivity index (χ1) is 16.4. The van der Waals surface area contributed by atoms with E-state index < -0.39 is 40.9 Å². The van der Waals surface area contributed by atoms with Crippen LogP contribution in [0.4, 0.5) is 36.4 Å². The number of hydrogen-bond acceptors (Lipinski definition) is 3. The van der Waals surface area contributed by atoms with E-state index in [0.29, 0.717) is 21.5 Å². The predicted molar refractivity (Wildman–Crippen MR) is 133 cm³/mol. The summed E-state index contributed by atoms with van der Waals surface area (Å²) in [5, 5.41) is 5.25. The first-order valence-corrected chi connectivity index (χ1v) is 12.7. The van der Waals surface area contributed by atoms with E-state index in [1.165, 1.54) is 23.9 Å². The molecule has 0 radical (unpaired) electrons. The summed E-state index contributed by atoms with van der Waals surface area (Å²) >= 11 is 3.39. The van der Waals surface area contributed by atoms with Gasteiger partial charge in [-0.25, -0.2) is 0 Å². The van der Waals surface area contributed by atoms with Gasteiger partial charge in [0, 0.05) is 26.1 Å². The molecule has 0 heterocycles. The van der Waals surface area contributed by atoms with E-state index in [0.717, 1.165) is 13.0 Å². The second-order valence-electron chi connectivity index (χ2n) is 8.56. The van der Waals surface area contributed by atoms with Crippen molar-refractivity contribution in [1.82, 2.24) is 5.32 Å². The third-order valence-electron chi connectivity index (χ3n) is 5.03. The van der Waals surface area contributed by atoms with Crippen LogP contribution in [-0.4, -0.2) is 41.5 Å². The number of thioether (sulfide) groups is 1. The fraction of sp³-hybridized carbons (Fsp3) is 0.391. The highest BCUT2D eigenvalue weighted by Gasteiger charge is 2.73. The molecule has 0 bridgehead atoms. The molecule has 36 heavy (non-hydrogen) atoms. The number of halogens is 8. The number of carbonyl (C=O) groups is 2. The molecule has 198 valence electrons. The fourth-order valence-corrected chi connectivity index (χ4v) is 4.80. The highest BCUT2D eigenvalue weighted by atomic mass is 127. The van der Waals surface area contributed by atoms with Crippen LogP contribution in [0.5, 0.6) is 0 Å². The Kier molecular flexibility index (Phi) is 9.02. The average Bonchev–Trinajstić information content (AvgIpc) is 2.73. The lowest BCUT2D eigenvalue weighted by atomic mass is 9.98.